The van der Waals surface area contributed by atoms with E-state index in [4.69, 9.17) is 16.4 Å². The lowest BCUT2D eigenvalue weighted by Crippen LogP contribution is -2.37. The highest BCUT2D eigenvalue weighted by Crippen LogP contribution is 2.22. The van der Waals surface area contributed by atoms with Gasteiger partial charge in [-0.2, -0.15) is 5.10 Å². The first-order chi connectivity index (χ1) is 12.8. The molecule has 0 aliphatic carbocycles. The molecule has 0 aromatic heterocycles. The monoisotopic (exact) mass is 392 g/mol. The molecule has 0 atom stereocenters. The van der Waals surface area contributed by atoms with Crippen molar-refractivity contribution < 1.29 is 14.3 Å². The lowest BCUT2D eigenvalue weighted by atomic mass is 10.1. The van der Waals surface area contributed by atoms with Crippen molar-refractivity contribution in [2.24, 2.45) is 16.8 Å². The number of hydrazine groups is 1. The highest BCUT2D eigenvalue weighted by Gasteiger charge is 2.15. The van der Waals surface area contributed by atoms with E-state index < -0.39 is 5.97 Å². The molecule has 0 spiro atoms. The van der Waals surface area contributed by atoms with Crippen molar-refractivity contribution in [2.75, 3.05) is 17.4 Å². The van der Waals surface area contributed by atoms with Crippen molar-refractivity contribution in [2.45, 2.75) is 40.5 Å². The van der Waals surface area contributed by atoms with E-state index in [1.807, 2.05) is 39.0 Å². The Bertz CT molecular complexity index is 732. The summed E-state index contributed by atoms with van der Waals surface area (Å²) in [5.74, 6) is 11.3. The van der Waals surface area contributed by atoms with Crippen molar-refractivity contribution in [1.82, 2.24) is 0 Å². The Labute approximate surface area is 164 Å². The van der Waals surface area contributed by atoms with E-state index in [-0.39, 0.29) is 18.8 Å². The summed E-state index contributed by atoms with van der Waals surface area (Å²) in [6, 6.07) is 5.90. The quantitative estimate of drug-likeness (QED) is 0.175. The third-order valence-electron chi connectivity index (χ3n) is 3.93. The maximum atomic E-state index is 11.8. The Balaban J connectivity index is 2.52. The minimum atomic E-state index is -0.450. The van der Waals surface area contributed by atoms with Crippen LogP contribution < -0.4 is 16.7 Å². The lowest BCUT2D eigenvalue weighted by Gasteiger charge is -2.21. The number of allylic oxidation sites excluding steroid dienone is 1. The van der Waals surface area contributed by atoms with Crippen LogP contribution in [-0.2, 0) is 14.3 Å². The Hall–Kier alpha value is -2.32. The third-order valence-corrected chi connectivity index (χ3v) is 4.90. The molecule has 0 amide bonds. The molecule has 0 aliphatic rings. The van der Waals surface area contributed by atoms with Crippen LogP contribution >= 0.6 is 11.8 Å². The number of Topliss-reactive ketones (excluding diaryl/α,β-unsaturated/α-hetero) is 1. The fourth-order valence-corrected chi connectivity index (χ4v) is 3.11. The van der Waals surface area contributed by atoms with Gasteiger partial charge in [-0.1, -0.05) is 36.9 Å². The number of nitrogens with two attached hydrogens (primary N) is 2. The maximum absolute atomic E-state index is 11.8. The van der Waals surface area contributed by atoms with Gasteiger partial charge in [-0.05, 0) is 50.0 Å². The van der Waals surface area contributed by atoms with Crippen molar-refractivity contribution in [3.8, 4) is 0 Å². The van der Waals surface area contributed by atoms with E-state index in [2.05, 4.69) is 5.10 Å². The van der Waals surface area contributed by atoms with Crippen LogP contribution in [-0.4, -0.2) is 29.3 Å². The number of anilines is 1. The molecular weight excluding hydrogens is 364 g/mol. The van der Waals surface area contributed by atoms with Crippen molar-refractivity contribution >= 4 is 34.4 Å². The first kappa shape index (κ1) is 22.7. The predicted octanol–water partition coefficient (Wildman–Crippen LogP) is 2.81. The molecule has 7 nitrogen and oxygen atoms in total. The van der Waals surface area contributed by atoms with Crippen LogP contribution in [0.2, 0.25) is 0 Å². The van der Waals surface area contributed by atoms with Crippen molar-refractivity contribution in [3.63, 3.8) is 0 Å². The number of carbonyl (C=O) groups is 2. The van der Waals surface area contributed by atoms with Crippen molar-refractivity contribution in [1.29, 1.82) is 0 Å². The summed E-state index contributed by atoms with van der Waals surface area (Å²) in [7, 11) is 0. The first-order valence-corrected chi connectivity index (χ1v) is 9.69. The second-order valence-corrected chi connectivity index (χ2v) is 6.98. The predicted molar refractivity (Wildman–Crippen MR) is 111 cm³/mol. The van der Waals surface area contributed by atoms with Crippen molar-refractivity contribution in [3.05, 3.63) is 41.0 Å². The summed E-state index contributed by atoms with van der Waals surface area (Å²) < 4.78 is 5.03. The van der Waals surface area contributed by atoms with Gasteiger partial charge in [-0.3, -0.25) is 14.6 Å². The fourth-order valence-electron chi connectivity index (χ4n) is 2.35. The summed E-state index contributed by atoms with van der Waals surface area (Å²) in [5.41, 5.74) is 3.49. The molecule has 0 heterocycles. The Morgan fingerprint density at radius 3 is 2.63 bits per heavy atom. The SMILES string of the molecule is C/C=C(\CC)C(=O)COC(=O)CCS/C(=N/N)N(N)c1cc(C)ccc1C. The van der Waals surface area contributed by atoms with E-state index in [1.54, 1.807) is 13.0 Å². The summed E-state index contributed by atoms with van der Waals surface area (Å²) >= 11 is 1.25. The molecule has 0 unspecified atom stereocenters. The molecule has 0 fully saturated rings. The van der Waals surface area contributed by atoms with E-state index in [9.17, 15) is 9.59 Å². The van der Waals surface area contributed by atoms with Gasteiger partial charge < -0.3 is 10.6 Å². The highest BCUT2D eigenvalue weighted by molar-refractivity contribution is 8.14. The van der Waals surface area contributed by atoms with Gasteiger partial charge in [0.25, 0.3) is 0 Å². The number of ether oxygens (including phenoxy) is 1. The Morgan fingerprint density at radius 1 is 1.33 bits per heavy atom. The third kappa shape index (κ3) is 7.07. The average molecular weight is 393 g/mol. The Morgan fingerprint density at radius 2 is 2.04 bits per heavy atom. The zero-order valence-electron chi connectivity index (χ0n) is 16.3. The summed E-state index contributed by atoms with van der Waals surface area (Å²) in [6.45, 7) is 7.35. The van der Waals surface area contributed by atoms with Gasteiger partial charge in [-0.25, -0.2) is 5.84 Å². The second-order valence-electron chi connectivity index (χ2n) is 5.92. The van der Waals surface area contributed by atoms with Gasteiger partial charge in [-0.15, -0.1) is 0 Å². The highest BCUT2D eigenvalue weighted by atomic mass is 32.2. The molecule has 0 saturated heterocycles. The van der Waals surface area contributed by atoms with Gasteiger partial charge >= 0.3 is 5.97 Å². The van der Waals surface area contributed by atoms with E-state index in [0.29, 0.717) is 22.9 Å². The summed E-state index contributed by atoms with van der Waals surface area (Å²) in [5, 5.41) is 5.51. The summed E-state index contributed by atoms with van der Waals surface area (Å²) in [6.07, 6.45) is 2.47. The topological polar surface area (TPSA) is 111 Å². The molecule has 1 aromatic rings. The number of esters is 1. The number of benzene rings is 1. The molecule has 4 N–H and O–H groups in total. The number of aryl methyl sites for hydroxylation is 2. The zero-order valence-corrected chi connectivity index (χ0v) is 17.1. The number of hydrogen-bond donors (Lipinski definition) is 2. The summed E-state index contributed by atoms with van der Waals surface area (Å²) in [4.78, 5) is 23.7. The standard InChI is InChI=1S/C19H28N4O3S/c1-5-15(6-2)17(24)12-26-18(25)9-10-27-19(22-20)23(21)16-11-13(3)7-8-14(16)4/h5,7-8,11H,6,9-10,12,20-21H2,1-4H3/b15-5+,22-19+. The molecule has 0 aliphatic heterocycles. The smallest absolute Gasteiger partial charge is 0.307 e. The molecule has 1 aromatic carbocycles. The van der Waals surface area contributed by atoms with Gasteiger partial charge in [0, 0.05) is 5.75 Å². The molecular formula is C19H28N4O3S. The van der Waals surface area contributed by atoms with E-state index in [0.717, 1.165) is 16.8 Å². The zero-order chi connectivity index (χ0) is 20.4. The van der Waals surface area contributed by atoms with Crippen LogP contribution in [0.5, 0.6) is 0 Å². The number of nitrogens with zero attached hydrogens (tertiary/aromatic N) is 2. The fraction of sp³-hybridized carbons (Fsp3) is 0.421. The van der Waals surface area contributed by atoms with Crippen LogP contribution in [0.1, 0.15) is 37.8 Å². The lowest BCUT2D eigenvalue weighted by molar-refractivity contribution is -0.146. The molecule has 0 bridgehead atoms. The number of carbonyl (C=O) groups excluding carboxylic acids is 2. The van der Waals surface area contributed by atoms with Crippen LogP contribution in [0.15, 0.2) is 34.9 Å². The van der Waals surface area contributed by atoms with E-state index >= 15 is 0 Å². The second kappa shape index (κ2) is 11.4. The minimum absolute atomic E-state index is 0.120. The number of amidine groups is 1. The molecule has 0 saturated carbocycles. The minimum Gasteiger partial charge on any atom is -0.457 e. The van der Waals surface area contributed by atoms with E-state index in [1.165, 1.54) is 16.8 Å². The average Bonchev–Trinajstić information content (AvgIpc) is 2.66. The van der Waals surface area contributed by atoms with Crippen LogP contribution in [0.4, 0.5) is 5.69 Å². The van der Waals surface area contributed by atoms with Gasteiger partial charge in [0.2, 0.25) is 5.17 Å². The molecule has 8 heteroatoms. The number of hydrogen-bond acceptors (Lipinski definition) is 7. The molecule has 0 radical (unpaired) electrons. The number of hydrazone groups is 1. The largest absolute Gasteiger partial charge is 0.457 e. The Kier molecular flexibility index (Phi) is 9.60. The molecule has 1 rings (SSSR count). The molecule has 148 valence electrons. The molecule has 27 heavy (non-hydrogen) atoms. The first-order valence-electron chi connectivity index (χ1n) is 8.70. The van der Waals surface area contributed by atoms with Crippen LogP contribution in [0.25, 0.3) is 0 Å². The number of rotatable bonds is 8. The normalized spacial score (nSPS) is 12.0. The number of thioether (sulfide) groups is 1. The van der Waals surface area contributed by atoms with Crippen LogP contribution in [0.3, 0.4) is 0 Å². The van der Waals surface area contributed by atoms with Crippen LogP contribution in [0, 0.1) is 13.8 Å². The van der Waals surface area contributed by atoms with Gasteiger partial charge in [0.15, 0.2) is 12.4 Å². The van der Waals surface area contributed by atoms with Gasteiger partial charge in [0.1, 0.15) is 0 Å². The van der Waals surface area contributed by atoms with Gasteiger partial charge in [0.05, 0.1) is 12.1 Å². The number of ketones is 1. The maximum Gasteiger partial charge on any atom is 0.307 e.